The molecular weight excluding hydrogens is 222 g/mol. The molecule has 1 rings (SSSR count). The minimum absolute atomic E-state index is 0.0903. The maximum atomic E-state index is 10.3. The number of benzene rings is 1. The molecule has 0 aromatic heterocycles. The van der Waals surface area contributed by atoms with Gasteiger partial charge in [-0.1, -0.05) is 22.5 Å². The van der Waals surface area contributed by atoms with Gasteiger partial charge >= 0.3 is 0 Å². The summed E-state index contributed by atoms with van der Waals surface area (Å²) in [6.07, 6.45) is 0. The summed E-state index contributed by atoms with van der Waals surface area (Å²) in [5, 5.41) is 10.3. The lowest BCUT2D eigenvalue weighted by Crippen LogP contribution is -1.86. The Balaban J connectivity index is 3.01. The van der Waals surface area contributed by atoms with Crippen molar-refractivity contribution in [2.24, 2.45) is 0 Å². The SMILES string of the molecule is C=C(Br)c1ccc([N+](=O)[O-])cc1. The second-order valence-corrected chi connectivity index (χ2v) is 3.17. The van der Waals surface area contributed by atoms with Crippen molar-refractivity contribution >= 4 is 26.1 Å². The average molecular weight is 228 g/mol. The summed E-state index contributed by atoms with van der Waals surface area (Å²) in [5.74, 6) is 0. The molecule has 0 aliphatic rings. The molecule has 0 heterocycles. The summed E-state index contributed by atoms with van der Waals surface area (Å²) in [5.41, 5.74) is 0.938. The number of nitrogens with zero attached hydrogens (tertiary/aromatic N) is 1. The van der Waals surface area contributed by atoms with E-state index < -0.39 is 4.92 Å². The molecule has 1 aromatic carbocycles. The first-order chi connectivity index (χ1) is 5.61. The van der Waals surface area contributed by atoms with Gasteiger partial charge in [0.1, 0.15) is 0 Å². The third kappa shape index (κ3) is 1.92. The Morgan fingerprint density at radius 3 is 2.25 bits per heavy atom. The van der Waals surface area contributed by atoms with Gasteiger partial charge in [0.15, 0.2) is 0 Å². The van der Waals surface area contributed by atoms with E-state index in [9.17, 15) is 10.1 Å². The van der Waals surface area contributed by atoms with Crippen LogP contribution in [0.4, 0.5) is 5.69 Å². The Hall–Kier alpha value is -1.16. The fourth-order valence-corrected chi connectivity index (χ4v) is 1.03. The summed E-state index contributed by atoms with van der Waals surface area (Å²) in [4.78, 5) is 9.82. The lowest BCUT2D eigenvalue weighted by molar-refractivity contribution is -0.384. The van der Waals surface area contributed by atoms with Crippen molar-refractivity contribution in [3.63, 3.8) is 0 Å². The quantitative estimate of drug-likeness (QED) is 0.576. The summed E-state index contributed by atoms with van der Waals surface area (Å²) < 4.78 is 0.720. The van der Waals surface area contributed by atoms with Crippen LogP contribution in [0.2, 0.25) is 0 Å². The molecule has 3 nitrogen and oxygen atoms in total. The Morgan fingerprint density at radius 1 is 1.42 bits per heavy atom. The minimum Gasteiger partial charge on any atom is -0.258 e. The van der Waals surface area contributed by atoms with Gasteiger partial charge in [-0.25, -0.2) is 0 Å². The van der Waals surface area contributed by atoms with Crippen molar-refractivity contribution in [2.75, 3.05) is 0 Å². The van der Waals surface area contributed by atoms with E-state index in [1.165, 1.54) is 12.1 Å². The van der Waals surface area contributed by atoms with Crippen LogP contribution < -0.4 is 0 Å². The molecule has 0 aliphatic carbocycles. The van der Waals surface area contributed by atoms with Gasteiger partial charge in [0.2, 0.25) is 0 Å². The molecule has 0 N–H and O–H groups in total. The van der Waals surface area contributed by atoms with Gasteiger partial charge in [0.05, 0.1) is 4.92 Å². The number of nitro benzene ring substituents is 1. The standard InChI is InChI=1S/C8H6BrNO2/c1-6(9)7-2-4-8(5-3-7)10(11)12/h2-5H,1H2. The van der Waals surface area contributed by atoms with Crippen LogP contribution in [0.25, 0.3) is 4.48 Å². The molecule has 0 bridgehead atoms. The molecule has 0 unspecified atom stereocenters. The number of halogens is 1. The van der Waals surface area contributed by atoms with Crippen LogP contribution in [0.5, 0.6) is 0 Å². The number of nitro groups is 1. The van der Waals surface area contributed by atoms with Crippen LogP contribution in [0.15, 0.2) is 30.8 Å². The first-order valence-corrected chi connectivity index (χ1v) is 4.00. The van der Waals surface area contributed by atoms with Crippen LogP contribution in [0, 0.1) is 10.1 Å². The van der Waals surface area contributed by atoms with E-state index in [1.807, 2.05) is 0 Å². The number of hydrogen-bond donors (Lipinski definition) is 0. The minimum atomic E-state index is -0.430. The molecule has 62 valence electrons. The molecular formula is C8H6BrNO2. The number of hydrogen-bond acceptors (Lipinski definition) is 2. The Labute approximate surface area is 78.0 Å². The highest BCUT2D eigenvalue weighted by molar-refractivity contribution is 9.15. The highest BCUT2D eigenvalue weighted by Crippen LogP contribution is 2.21. The fraction of sp³-hybridized carbons (Fsp3) is 0. The van der Waals surface area contributed by atoms with E-state index in [1.54, 1.807) is 12.1 Å². The molecule has 0 fully saturated rings. The van der Waals surface area contributed by atoms with Crippen molar-refractivity contribution in [3.05, 3.63) is 46.5 Å². The topological polar surface area (TPSA) is 43.1 Å². The second kappa shape index (κ2) is 3.49. The Morgan fingerprint density at radius 2 is 1.92 bits per heavy atom. The van der Waals surface area contributed by atoms with Crippen molar-refractivity contribution < 1.29 is 4.92 Å². The largest absolute Gasteiger partial charge is 0.269 e. The van der Waals surface area contributed by atoms with E-state index in [2.05, 4.69) is 22.5 Å². The zero-order valence-electron chi connectivity index (χ0n) is 6.16. The van der Waals surface area contributed by atoms with E-state index in [0.717, 1.165) is 10.0 Å². The van der Waals surface area contributed by atoms with Gasteiger partial charge in [-0.05, 0) is 17.7 Å². The summed E-state index contributed by atoms with van der Waals surface area (Å²) in [6, 6.07) is 6.19. The average Bonchev–Trinajstić information content (AvgIpc) is 2.04. The van der Waals surface area contributed by atoms with Crippen molar-refractivity contribution in [3.8, 4) is 0 Å². The molecule has 0 saturated carbocycles. The lowest BCUT2D eigenvalue weighted by Gasteiger charge is -1.95. The van der Waals surface area contributed by atoms with E-state index >= 15 is 0 Å². The third-order valence-corrected chi connectivity index (χ3v) is 1.85. The first kappa shape index (κ1) is 8.93. The molecule has 0 saturated heterocycles. The predicted molar refractivity (Wildman–Crippen MR) is 51.1 cm³/mol. The third-order valence-electron chi connectivity index (χ3n) is 1.39. The normalized spacial score (nSPS) is 9.42. The lowest BCUT2D eigenvalue weighted by atomic mass is 10.2. The van der Waals surface area contributed by atoms with E-state index in [0.29, 0.717) is 0 Å². The van der Waals surface area contributed by atoms with Crippen LogP contribution in [0.3, 0.4) is 0 Å². The molecule has 0 radical (unpaired) electrons. The van der Waals surface area contributed by atoms with Crippen LogP contribution >= 0.6 is 15.9 Å². The van der Waals surface area contributed by atoms with Crippen molar-refractivity contribution in [1.29, 1.82) is 0 Å². The second-order valence-electron chi connectivity index (χ2n) is 2.21. The summed E-state index contributed by atoms with van der Waals surface area (Å²) in [6.45, 7) is 3.65. The molecule has 0 spiro atoms. The maximum absolute atomic E-state index is 10.3. The van der Waals surface area contributed by atoms with Crippen LogP contribution in [-0.2, 0) is 0 Å². The van der Waals surface area contributed by atoms with Gasteiger partial charge in [0, 0.05) is 16.6 Å². The van der Waals surface area contributed by atoms with E-state index in [4.69, 9.17) is 0 Å². The number of rotatable bonds is 2. The summed E-state index contributed by atoms with van der Waals surface area (Å²) in [7, 11) is 0. The van der Waals surface area contributed by atoms with E-state index in [-0.39, 0.29) is 5.69 Å². The highest BCUT2D eigenvalue weighted by atomic mass is 79.9. The molecule has 12 heavy (non-hydrogen) atoms. The Kier molecular flexibility index (Phi) is 2.60. The van der Waals surface area contributed by atoms with Gasteiger partial charge in [-0.15, -0.1) is 0 Å². The first-order valence-electron chi connectivity index (χ1n) is 3.20. The monoisotopic (exact) mass is 227 g/mol. The zero-order valence-corrected chi connectivity index (χ0v) is 7.74. The zero-order chi connectivity index (χ0) is 9.14. The van der Waals surface area contributed by atoms with Crippen molar-refractivity contribution in [1.82, 2.24) is 0 Å². The van der Waals surface area contributed by atoms with Crippen molar-refractivity contribution in [2.45, 2.75) is 0 Å². The molecule has 0 atom stereocenters. The maximum Gasteiger partial charge on any atom is 0.269 e. The summed E-state index contributed by atoms with van der Waals surface area (Å²) >= 11 is 3.18. The molecule has 0 aliphatic heterocycles. The number of non-ortho nitro benzene ring substituents is 1. The molecule has 4 heteroatoms. The van der Waals surface area contributed by atoms with Crippen LogP contribution in [0.1, 0.15) is 5.56 Å². The van der Waals surface area contributed by atoms with Crippen LogP contribution in [-0.4, -0.2) is 4.92 Å². The van der Waals surface area contributed by atoms with Gasteiger partial charge in [-0.2, -0.15) is 0 Å². The molecule has 1 aromatic rings. The predicted octanol–water partition coefficient (Wildman–Crippen LogP) is 2.96. The van der Waals surface area contributed by atoms with Gasteiger partial charge < -0.3 is 0 Å². The molecule has 0 amide bonds. The Bertz CT molecular complexity index is 285. The highest BCUT2D eigenvalue weighted by Gasteiger charge is 2.03. The van der Waals surface area contributed by atoms with Gasteiger partial charge in [-0.3, -0.25) is 10.1 Å². The van der Waals surface area contributed by atoms with Gasteiger partial charge in [0.25, 0.3) is 5.69 Å². The fourth-order valence-electron chi connectivity index (χ4n) is 0.764. The smallest absolute Gasteiger partial charge is 0.258 e.